The van der Waals surface area contributed by atoms with Gasteiger partial charge < -0.3 is 14.6 Å². The van der Waals surface area contributed by atoms with Gasteiger partial charge in [0.25, 0.3) is 0 Å². The van der Waals surface area contributed by atoms with Crippen molar-refractivity contribution in [1.82, 2.24) is 19.4 Å². The van der Waals surface area contributed by atoms with Crippen LogP contribution in [0.1, 0.15) is 62.5 Å². The molecule has 0 bridgehead atoms. The zero-order chi connectivity index (χ0) is 25.2. The standard InChI is InChI=1S/C31H40N4O2/c36-31(37)30(24-11-5-2-6-12-24)34-20-25(27(21-34)23-9-3-1-4-10-23)19-33-17-15-26(16-18-33)35-22-32-28-13-7-8-14-29(28)35/h1,3-4,7-10,13-14,22,24-27,30H,2,5-6,11-12,15-21H2,(H,36,37)/t25?,27-,30-/m1/s1. The summed E-state index contributed by atoms with van der Waals surface area (Å²) in [7, 11) is 0. The molecule has 1 aliphatic carbocycles. The molecule has 1 saturated carbocycles. The van der Waals surface area contributed by atoms with Gasteiger partial charge in [0.1, 0.15) is 6.04 Å². The molecule has 2 aromatic carbocycles. The zero-order valence-corrected chi connectivity index (χ0v) is 21.8. The quantitative estimate of drug-likeness (QED) is 0.469. The maximum atomic E-state index is 12.5. The van der Waals surface area contributed by atoms with Crippen molar-refractivity contribution in [2.45, 2.75) is 62.9 Å². The number of carboxylic acid groups (broad SMARTS) is 1. The SMILES string of the molecule is O=C(O)[C@@H](C1CCCCC1)N1CC(CN2CCC(n3cnc4ccccc43)CC2)[C@@H](c2ccccc2)C1. The minimum absolute atomic E-state index is 0.294. The van der Waals surface area contributed by atoms with Crippen LogP contribution in [0.4, 0.5) is 0 Å². The van der Waals surface area contributed by atoms with Gasteiger partial charge >= 0.3 is 5.97 Å². The van der Waals surface area contributed by atoms with Gasteiger partial charge in [0.15, 0.2) is 0 Å². The summed E-state index contributed by atoms with van der Waals surface area (Å²) in [5.41, 5.74) is 3.68. The first kappa shape index (κ1) is 24.6. The maximum Gasteiger partial charge on any atom is 0.321 e. The Kier molecular flexibility index (Phi) is 7.30. The summed E-state index contributed by atoms with van der Waals surface area (Å²) in [6, 6.07) is 19.4. The van der Waals surface area contributed by atoms with Crippen LogP contribution in [0.25, 0.3) is 11.0 Å². The highest BCUT2D eigenvalue weighted by Crippen LogP contribution is 2.39. The highest BCUT2D eigenvalue weighted by atomic mass is 16.4. The molecule has 0 amide bonds. The summed E-state index contributed by atoms with van der Waals surface area (Å²) in [6.45, 7) is 4.96. The molecule has 3 atom stereocenters. The van der Waals surface area contributed by atoms with Crippen molar-refractivity contribution in [3.8, 4) is 0 Å². The number of carboxylic acids is 1. The molecule has 3 aromatic rings. The molecule has 0 radical (unpaired) electrons. The molecule has 3 aliphatic rings. The predicted molar refractivity (Wildman–Crippen MR) is 147 cm³/mol. The number of para-hydroxylation sites is 2. The second kappa shape index (κ2) is 11.0. The lowest BCUT2D eigenvalue weighted by Crippen LogP contribution is -2.46. The minimum atomic E-state index is -0.618. The van der Waals surface area contributed by atoms with E-state index in [0.717, 1.165) is 63.9 Å². The molecule has 196 valence electrons. The van der Waals surface area contributed by atoms with Crippen LogP contribution in [0.3, 0.4) is 0 Å². The number of piperidine rings is 1. The third-order valence-corrected chi connectivity index (χ3v) is 9.36. The van der Waals surface area contributed by atoms with Gasteiger partial charge in [0.05, 0.1) is 17.4 Å². The summed E-state index contributed by atoms with van der Waals surface area (Å²) in [5.74, 6) is 0.523. The number of fused-ring (bicyclic) bond motifs is 1. The smallest absolute Gasteiger partial charge is 0.321 e. The first-order valence-corrected chi connectivity index (χ1v) is 14.3. The Labute approximate surface area is 220 Å². The van der Waals surface area contributed by atoms with Gasteiger partial charge in [-0.3, -0.25) is 9.69 Å². The Balaban J connectivity index is 1.15. The summed E-state index contributed by atoms with van der Waals surface area (Å²) in [5, 5.41) is 10.3. The Morgan fingerprint density at radius 2 is 1.65 bits per heavy atom. The van der Waals surface area contributed by atoms with E-state index in [1.165, 1.54) is 30.3 Å². The van der Waals surface area contributed by atoms with E-state index in [2.05, 4.69) is 73.9 Å². The first-order valence-electron chi connectivity index (χ1n) is 14.3. The van der Waals surface area contributed by atoms with E-state index in [4.69, 9.17) is 0 Å². The van der Waals surface area contributed by atoms with Gasteiger partial charge in [-0.15, -0.1) is 0 Å². The average molecular weight is 501 g/mol. The number of rotatable bonds is 7. The number of hydrogen-bond donors (Lipinski definition) is 1. The second-order valence-electron chi connectivity index (χ2n) is 11.6. The fourth-order valence-corrected chi connectivity index (χ4v) is 7.48. The fraction of sp³-hybridized carbons (Fsp3) is 0.548. The molecule has 6 nitrogen and oxygen atoms in total. The number of imidazole rings is 1. The van der Waals surface area contributed by atoms with E-state index in [-0.39, 0.29) is 6.04 Å². The number of aliphatic carboxylic acids is 1. The van der Waals surface area contributed by atoms with Crippen molar-refractivity contribution < 1.29 is 9.90 Å². The van der Waals surface area contributed by atoms with Crippen LogP contribution in [0.15, 0.2) is 60.9 Å². The third-order valence-electron chi connectivity index (χ3n) is 9.36. The number of aromatic nitrogens is 2. The largest absolute Gasteiger partial charge is 0.480 e. The molecule has 6 rings (SSSR count). The van der Waals surface area contributed by atoms with Gasteiger partial charge in [-0.1, -0.05) is 61.7 Å². The van der Waals surface area contributed by atoms with Crippen molar-refractivity contribution >= 4 is 17.0 Å². The van der Waals surface area contributed by atoms with Crippen molar-refractivity contribution in [3.63, 3.8) is 0 Å². The Morgan fingerprint density at radius 3 is 2.41 bits per heavy atom. The molecule has 0 spiro atoms. The molecule has 3 heterocycles. The Hall–Kier alpha value is -2.70. The predicted octanol–water partition coefficient (Wildman–Crippen LogP) is 5.42. The van der Waals surface area contributed by atoms with Crippen molar-refractivity contribution in [2.24, 2.45) is 11.8 Å². The van der Waals surface area contributed by atoms with E-state index >= 15 is 0 Å². The normalized spacial score (nSPS) is 25.5. The Bertz CT molecular complexity index is 1180. The van der Waals surface area contributed by atoms with Gasteiger partial charge in [-0.2, -0.15) is 0 Å². The zero-order valence-electron chi connectivity index (χ0n) is 21.8. The highest BCUT2D eigenvalue weighted by Gasteiger charge is 2.43. The van der Waals surface area contributed by atoms with Crippen LogP contribution >= 0.6 is 0 Å². The van der Waals surface area contributed by atoms with Crippen LogP contribution in [-0.2, 0) is 4.79 Å². The molecule has 3 fully saturated rings. The third kappa shape index (κ3) is 5.19. The monoisotopic (exact) mass is 500 g/mol. The molecular weight excluding hydrogens is 460 g/mol. The summed E-state index contributed by atoms with van der Waals surface area (Å²) < 4.78 is 2.37. The molecule has 1 unspecified atom stereocenters. The molecule has 1 aromatic heterocycles. The van der Waals surface area contributed by atoms with Crippen LogP contribution in [-0.4, -0.2) is 69.2 Å². The number of hydrogen-bond acceptors (Lipinski definition) is 4. The lowest BCUT2D eigenvalue weighted by Gasteiger charge is -2.36. The van der Waals surface area contributed by atoms with Crippen molar-refractivity contribution in [2.75, 3.05) is 32.7 Å². The summed E-state index contributed by atoms with van der Waals surface area (Å²) in [6.07, 6.45) is 10.0. The highest BCUT2D eigenvalue weighted by molar-refractivity contribution is 5.75. The van der Waals surface area contributed by atoms with Gasteiger partial charge in [0, 0.05) is 44.7 Å². The van der Waals surface area contributed by atoms with Crippen molar-refractivity contribution in [1.29, 1.82) is 0 Å². The first-order chi connectivity index (χ1) is 18.2. The van der Waals surface area contributed by atoms with E-state index < -0.39 is 5.97 Å². The van der Waals surface area contributed by atoms with Crippen LogP contribution < -0.4 is 0 Å². The number of nitrogens with zero attached hydrogens (tertiary/aromatic N) is 4. The van der Waals surface area contributed by atoms with Gasteiger partial charge in [0.2, 0.25) is 0 Å². The van der Waals surface area contributed by atoms with E-state index in [1.54, 1.807) is 0 Å². The lowest BCUT2D eigenvalue weighted by atomic mass is 9.83. The van der Waals surface area contributed by atoms with E-state index in [0.29, 0.717) is 23.8 Å². The molecule has 37 heavy (non-hydrogen) atoms. The summed E-state index contributed by atoms with van der Waals surface area (Å²) >= 11 is 0. The van der Waals surface area contributed by atoms with Crippen LogP contribution in [0.5, 0.6) is 0 Å². The van der Waals surface area contributed by atoms with Crippen LogP contribution in [0, 0.1) is 11.8 Å². The Morgan fingerprint density at radius 1 is 0.919 bits per heavy atom. The van der Waals surface area contributed by atoms with Gasteiger partial charge in [-0.25, -0.2) is 4.98 Å². The molecule has 1 N–H and O–H groups in total. The van der Waals surface area contributed by atoms with Crippen molar-refractivity contribution in [3.05, 3.63) is 66.5 Å². The average Bonchev–Trinajstić information content (AvgIpc) is 3.55. The number of carbonyl (C=O) groups is 1. The second-order valence-corrected chi connectivity index (χ2v) is 11.6. The fourth-order valence-electron chi connectivity index (χ4n) is 7.48. The van der Waals surface area contributed by atoms with E-state index in [1.807, 2.05) is 6.33 Å². The molecule has 2 aliphatic heterocycles. The number of likely N-dealkylation sites (tertiary alicyclic amines) is 2. The lowest BCUT2D eigenvalue weighted by molar-refractivity contribution is -0.145. The summed E-state index contributed by atoms with van der Waals surface area (Å²) in [4.78, 5) is 22.1. The topological polar surface area (TPSA) is 61.6 Å². The van der Waals surface area contributed by atoms with Gasteiger partial charge in [-0.05, 0) is 55.2 Å². The maximum absolute atomic E-state index is 12.5. The molecule has 6 heteroatoms. The van der Waals surface area contributed by atoms with Crippen LogP contribution in [0.2, 0.25) is 0 Å². The molecule has 2 saturated heterocycles. The van der Waals surface area contributed by atoms with E-state index in [9.17, 15) is 9.90 Å². The molecular formula is C31H40N4O2. The number of benzene rings is 2. The minimum Gasteiger partial charge on any atom is -0.480 e.